The van der Waals surface area contributed by atoms with Gasteiger partial charge < -0.3 is 8.98 Å². The van der Waals surface area contributed by atoms with Crippen LogP contribution in [0.15, 0.2) is 162 Å². The van der Waals surface area contributed by atoms with E-state index in [4.69, 9.17) is 14.4 Å². The third-order valence-electron chi connectivity index (χ3n) is 9.92. The Morgan fingerprint density at radius 3 is 1.90 bits per heavy atom. The van der Waals surface area contributed by atoms with Crippen molar-refractivity contribution in [3.8, 4) is 22.9 Å². The molecule has 0 radical (unpaired) electrons. The summed E-state index contributed by atoms with van der Waals surface area (Å²) < 4.78 is 11.1. The molecule has 228 valence electrons. The topological polar surface area (TPSA) is 48.8 Å². The molecule has 4 heterocycles. The van der Waals surface area contributed by atoms with E-state index in [9.17, 15) is 0 Å². The Morgan fingerprint density at radius 2 is 1.06 bits per heavy atom. The molecule has 0 spiro atoms. The van der Waals surface area contributed by atoms with E-state index in [0.29, 0.717) is 5.95 Å². The smallest absolute Gasteiger partial charge is 0.235 e. The van der Waals surface area contributed by atoms with E-state index < -0.39 is 0 Å². The number of benzene rings is 7. The number of nitrogens with zero attached hydrogens (tertiary/aromatic N) is 4. The molecule has 0 aliphatic carbocycles. The molecule has 0 amide bonds. The molecule has 0 fully saturated rings. The maximum atomic E-state index is 6.47. The number of hydrogen-bond donors (Lipinski definition) is 0. The van der Waals surface area contributed by atoms with Crippen LogP contribution in [0.1, 0.15) is 0 Å². The zero-order chi connectivity index (χ0) is 32.1. The predicted octanol–water partition coefficient (Wildman–Crippen LogP) is 11.4. The Morgan fingerprint density at radius 1 is 0.408 bits per heavy atom. The first-order valence-corrected chi connectivity index (χ1v) is 16.5. The van der Waals surface area contributed by atoms with Crippen LogP contribution in [0.2, 0.25) is 0 Å². The van der Waals surface area contributed by atoms with Crippen molar-refractivity contribution in [2.24, 2.45) is 0 Å². The zero-order valence-electron chi connectivity index (χ0n) is 26.2. The largest absolute Gasteiger partial charge is 0.456 e. The van der Waals surface area contributed by atoms with E-state index in [0.717, 1.165) is 88.0 Å². The Labute approximate surface area is 279 Å². The molecule has 0 saturated carbocycles. The highest BCUT2D eigenvalue weighted by Crippen LogP contribution is 2.45. The van der Waals surface area contributed by atoms with E-state index in [1.165, 1.54) is 5.39 Å². The van der Waals surface area contributed by atoms with Gasteiger partial charge in [-0.05, 0) is 48.5 Å². The van der Waals surface area contributed by atoms with Gasteiger partial charge in [0, 0.05) is 43.6 Å². The second kappa shape index (κ2) is 9.89. The molecule has 0 aliphatic heterocycles. The van der Waals surface area contributed by atoms with Crippen molar-refractivity contribution in [1.82, 2.24) is 19.1 Å². The molecular formula is C44H26N4O. The van der Waals surface area contributed by atoms with Gasteiger partial charge in [0.2, 0.25) is 5.95 Å². The summed E-state index contributed by atoms with van der Waals surface area (Å²) >= 11 is 0. The number of fused-ring (bicyclic) bond motifs is 12. The summed E-state index contributed by atoms with van der Waals surface area (Å²) in [5, 5.41) is 7.75. The van der Waals surface area contributed by atoms with Crippen LogP contribution in [0.5, 0.6) is 0 Å². The lowest BCUT2D eigenvalue weighted by Crippen LogP contribution is -2.04. The highest BCUT2D eigenvalue weighted by atomic mass is 16.3. The summed E-state index contributed by atoms with van der Waals surface area (Å²) in [7, 11) is 0. The first-order valence-electron chi connectivity index (χ1n) is 16.5. The fraction of sp³-hybridized carbons (Fsp3) is 0. The minimum atomic E-state index is 0.624. The molecule has 0 saturated heterocycles. The predicted molar refractivity (Wildman–Crippen MR) is 201 cm³/mol. The lowest BCUT2D eigenvalue weighted by Gasteiger charge is -2.13. The van der Waals surface area contributed by atoms with Crippen LogP contribution in [-0.2, 0) is 0 Å². The standard InChI is InChI=1S/C44H26N4O/c1-3-13-27(14-4-1)41-31-17-7-10-20-34(31)45-44(46-41)48-42-29(30-24-26-38-40(43(30)48)33-19-9-12-22-37(33)49-38)23-25-36-39(42)32-18-8-11-21-35(32)47(36)28-15-5-2-6-16-28/h1-26H. The molecule has 0 bridgehead atoms. The van der Waals surface area contributed by atoms with Crippen molar-refractivity contribution >= 4 is 76.5 Å². The van der Waals surface area contributed by atoms with Gasteiger partial charge >= 0.3 is 0 Å². The number of rotatable bonds is 3. The molecule has 0 unspecified atom stereocenters. The van der Waals surface area contributed by atoms with E-state index in [1.807, 2.05) is 24.3 Å². The lowest BCUT2D eigenvalue weighted by atomic mass is 10.1. The van der Waals surface area contributed by atoms with Crippen LogP contribution >= 0.6 is 0 Å². The summed E-state index contributed by atoms with van der Waals surface area (Å²) in [6.07, 6.45) is 0. The maximum absolute atomic E-state index is 6.47. The fourth-order valence-electron chi connectivity index (χ4n) is 7.89. The number of furan rings is 1. The molecule has 0 aliphatic rings. The highest BCUT2D eigenvalue weighted by Gasteiger charge is 2.25. The van der Waals surface area contributed by atoms with Crippen LogP contribution in [0.3, 0.4) is 0 Å². The van der Waals surface area contributed by atoms with Gasteiger partial charge in [-0.2, -0.15) is 0 Å². The SMILES string of the molecule is c1ccc(-c2nc(-n3c4c(ccc5oc6ccccc6c54)c4ccc5c(c6ccccc6n5-c5ccccc5)c43)nc3ccccc23)cc1. The Balaban J connectivity index is 1.41. The van der Waals surface area contributed by atoms with Gasteiger partial charge in [-0.25, -0.2) is 9.97 Å². The summed E-state index contributed by atoms with van der Waals surface area (Å²) in [6.45, 7) is 0. The van der Waals surface area contributed by atoms with Gasteiger partial charge in [-0.3, -0.25) is 4.57 Å². The summed E-state index contributed by atoms with van der Waals surface area (Å²) in [5.74, 6) is 0.624. The van der Waals surface area contributed by atoms with E-state index >= 15 is 0 Å². The van der Waals surface area contributed by atoms with Crippen LogP contribution < -0.4 is 0 Å². The van der Waals surface area contributed by atoms with Crippen molar-refractivity contribution in [2.75, 3.05) is 0 Å². The quantitative estimate of drug-likeness (QED) is 0.196. The molecule has 4 aromatic heterocycles. The zero-order valence-corrected chi connectivity index (χ0v) is 26.2. The van der Waals surface area contributed by atoms with Crippen molar-refractivity contribution in [3.05, 3.63) is 158 Å². The summed E-state index contributed by atoms with van der Waals surface area (Å²) in [4.78, 5) is 10.8. The lowest BCUT2D eigenvalue weighted by molar-refractivity contribution is 0.669. The highest BCUT2D eigenvalue weighted by molar-refractivity contribution is 6.30. The molecule has 5 nitrogen and oxygen atoms in total. The molecule has 0 N–H and O–H groups in total. The third-order valence-corrected chi connectivity index (χ3v) is 9.92. The third kappa shape index (κ3) is 3.64. The second-order valence-electron chi connectivity index (χ2n) is 12.6. The van der Waals surface area contributed by atoms with Gasteiger partial charge in [0.25, 0.3) is 0 Å². The van der Waals surface area contributed by atoms with E-state index in [1.54, 1.807) is 0 Å². The van der Waals surface area contributed by atoms with Crippen LogP contribution in [0.4, 0.5) is 0 Å². The molecule has 11 rings (SSSR count). The van der Waals surface area contributed by atoms with Crippen molar-refractivity contribution in [1.29, 1.82) is 0 Å². The first kappa shape index (κ1) is 26.4. The van der Waals surface area contributed by atoms with Gasteiger partial charge in [0.05, 0.1) is 38.7 Å². The number of hydrogen-bond acceptors (Lipinski definition) is 3. The van der Waals surface area contributed by atoms with E-state index in [-0.39, 0.29) is 0 Å². The molecule has 5 heteroatoms. The van der Waals surface area contributed by atoms with Gasteiger partial charge in [0.15, 0.2) is 0 Å². The summed E-state index contributed by atoms with van der Waals surface area (Å²) in [5.41, 5.74) is 10.0. The van der Waals surface area contributed by atoms with Gasteiger partial charge in [0.1, 0.15) is 11.2 Å². The summed E-state index contributed by atoms with van der Waals surface area (Å²) in [6, 6.07) is 55.1. The molecular weight excluding hydrogens is 601 g/mol. The fourth-order valence-corrected chi connectivity index (χ4v) is 7.89. The van der Waals surface area contributed by atoms with Crippen LogP contribution in [-0.4, -0.2) is 19.1 Å². The van der Waals surface area contributed by atoms with Crippen LogP contribution in [0.25, 0.3) is 99.3 Å². The van der Waals surface area contributed by atoms with Gasteiger partial charge in [-0.1, -0.05) is 109 Å². The minimum Gasteiger partial charge on any atom is -0.456 e. The van der Waals surface area contributed by atoms with Crippen molar-refractivity contribution < 1.29 is 4.42 Å². The Hall–Kier alpha value is -6.72. The number of aromatic nitrogens is 4. The molecule has 0 atom stereocenters. The monoisotopic (exact) mass is 626 g/mol. The average molecular weight is 627 g/mol. The Bertz CT molecular complexity index is 3100. The average Bonchev–Trinajstić information content (AvgIpc) is 3.82. The maximum Gasteiger partial charge on any atom is 0.235 e. The Kier molecular flexibility index (Phi) is 5.32. The number of para-hydroxylation sites is 4. The minimum absolute atomic E-state index is 0.624. The second-order valence-corrected chi connectivity index (χ2v) is 12.6. The molecule has 11 aromatic rings. The van der Waals surface area contributed by atoms with Gasteiger partial charge in [-0.15, -0.1) is 0 Å². The van der Waals surface area contributed by atoms with E-state index in [2.05, 4.69) is 143 Å². The first-order chi connectivity index (χ1) is 24.3. The van der Waals surface area contributed by atoms with Crippen LogP contribution in [0, 0.1) is 0 Å². The molecule has 49 heavy (non-hydrogen) atoms. The normalized spacial score (nSPS) is 12.1. The molecule has 7 aromatic carbocycles. The van der Waals surface area contributed by atoms with Crippen molar-refractivity contribution in [2.45, 2.75) is 0 Å². The van der Waals surface area contributed by atoms with Crippen molar-refractivity contribution in [3.63, 3.8) is 0 Å².